The summed E-state index contributed by atoms with van der Waals surface area (Å²) in [5.74, 6) is -0.185. The largest absolute Gasteiger partial charge is 0.383 e. The molecule has 15 heavy (non-hydrogen) atoms. The lowest BCUT2D eigenvalue weighted by molar-refractivity contribution is 0.196. The van der Waals surface area contributed by atoms with Crippen LogP contribution in [0.15, 0.2) is 22.7 Å². The highest BCUT2D eigenvalue weighted by Crippen LogP contribution is 2.21. The third kappa shape index (κ3) is 3.89. The first kappa shape index (κ1) is 12.6. The molecule has 0 saturated heterocycles. The molecule has 1 N–H and O–H groups in total. The molecule has 1 aromatic rings. The Labute approximate surface area is 98.0 Å². The average molecular weight is 276 g/mol. The zero-order valence-corrected chi connectivity index (χ0v) is 10.5. The van der Waals surface area contributed by atoms with Crippen molar-refractivity contribution < 1.29 is 9.13 Å². The van der Waals surface area contributed by atoms with Crippen LogP contribution in [0.2, 0.25) is 0 Å². The summed E-state index contributed by atoms with van der Waals surface area (Å²) >= 11 is 3.33. The van der Waals surface area contributed by atoms with Gasteiger partial charge in [0.05, 0.1) is 6.61 Å². The summed E-state index contributed by atoms with van der Waals surface area (Å²) in [7, 11) is 1.64. The van der Waals surface area contributed by atoms with Crippen LogP contribution in [0.5, 0.6) is 0 Å². The van der Waals surface area contributed by atoms with Gasteiger partial charge in [-0.2, -0.15) is 0 Å². The van der Waals surface area contributed by atoms with Crippen molar-refractivity contribution >= 4 is 15.9 Å². The smallest absolute Gasteiger partial charge is 0.128 e. The number of nitrogens with one attached hydrogen (secondary N) is 1. The quantitative estimate of drug-likeness (QED) is 0.835. The fourth-order valence-electron chi connectivity index (χ4n) is 1.33. The molecule has 4 heteroatoms. The third-order valence-corrected chi connectivity index (χ3v) is 2.67. The van der Waals surface area contributed by atoms with Crippen LogP contribution in [-0.2, 0) is 4.74 Å². The van der Waals surface area contributed by atoms with E-state index in [0.717, 1.165) is 4.47 Å². The molecule has 0 aromatic heterocycles. The lowest BCUT2D eigenvalue weighted by Crippen LogP contribution is -2.23. The molecule has 1 aromatic carbocycles. The number of hydrogen-bond donors (Lipinski definition) is 1. The Morgan fingerprint density at radius 2 is 2.27 bits per heavy atom. The minimum atomic E-state index is -0.185. The molecular formula is C11H15BrFNO. The molecule has 0 saturated carbocycles. The van der Waals surface area contributed by atoms with Gasteiger partial charge in [0.1, 0.15) is 5.82 Å². The summed E-state index contributed by atoms with van der Waals surface area (Å²) in [6.45, 7) is 3.27. The van der Waals surface area contributed by atoms with E-state index in [1.807, 2.05) is 6.92 Å². The molecule has 0 radical (unpaired) electrons. The molecule has 0 bridgehead atoms. The van der Waals surface area contributed by atoms with Gasteiger partial charge in [0.25, 0.3) is 0 Å². The molecule has 1 rings (SSSR count). The summed E-state index contributed by atoms with van der Waals surface area (Å²) < 4.78 is 19.2. The van der Waals surface area contributed by atoms with E-state index in [9.17, 15) is 4.39 Å². The molecule has 0 aliphatic heterocycles. The van der Waals surface area contributed by atoms with Crippen molar-refractivity contribution in [2.24, 2.45) is 0 Å². The normalized spacial score (nSPS) is 12.8. The van der Waals surface area contributed by atoms with Crippen molar-refractivity contribution in [3.8, 4) is 0 Å². The Morgan fingerprint density at radius 3 is 2.93 bits per heavy atom. The van der Waals surface area contributed by atoms with E-state index < -0.39 is 0 Å². The molecule has 2 nitrogen and oxygen atoms in total. The maximum Gasteiger partial charge on any atom is 0.128 e. The average Bonchev–Trinajstić information content (AvgIpc) is 2.22. The molecule has 84 valence electrons. The highest BCUT2D eigenvalue weighted by Gasteiger charge is 2.10. The number of hydrogen-bond acceptors (Lipinski definition) is 2. The maximum atomic E-state index is 13.4. The Balaban J connectivity index is 2.64. The standard InChI is InChI=1S/C11H15BrFNO/c1-8(14-5-6-15-2)10-7-9(12)3-4-11(10)13/h3-4,7-8,14H,5-6H2,1-2H3/t8-/m1/s1. The van der Waals surface area contributed by atoms with E-state index in [0.29, 0.717) is 18.7 Å². The van der Waals surface area contributed by atoms with Gasteiger partial charge in [0.2, 0.25) is 0 Å². The summed E-state index contributed by atoms with van der Waals surface area (Å²) in [5, 5.41) is 3.18. The van der Waals surface area contributed by atoms with Crippen molar-refractivity contribution in [2.45, 2.75) is 13.0 Å². The topological polar surface area (TPSA) is 21.3 Å². The van der Waals surface area contributed by atoms with E-state index in [-0.39, 0.29) is 11.9 Å². The van der Waals surface area contributed by atoms with Gasteiger partial charge in [0, 0.05) is 29.7 Å². The van der Waals surface area contributed by atoms with Crippen molar-refractivity contribution in [1.82, 2.24) is 5.32 Å². The fraction of sp³-hybridized carbons (Fsp3) is 0.455. The third-order valence-electron chi connectivity index (χ3n) is 2.18. The zero-order valence-electron chi connectivity index (χ0n) is 8.89. The zero-order chi connectivity index (χ0) is 11.3. The van der Waals surface area contributed by atoms with Crippen molar-refractivity contribution in [2.75, 3.05) is 20.3 Å². The predicted octanol–water partition coefficient (Wildman–Crippen LogP) is 2.89. The van der Waals surface area contributed by atoms with Gasteiger partial charge < -0.3 is 10.1 Å². The summed E-state index contributed by atoms with van der Waals surface area (Å²) in [4.78, 5) is 0. The lowest BCUT2D eigenvalue weighted by atomic mass is 10.1. The Morgan fingerprint density at radius 1 is 1.53 bits per heavy atom. The van der Waals surface area contributed by atoms with Gasteiger partial charge in [-0.15, -0.1) is 0 Å². The maximum absolute atomic E-state index is 13.4. The van der Waals surface area contributed by atoms with Crippen LogP contribution < -0.4 is 5.32 Å². The highest BCUT2D eigenvalue weighted by molar-refractivity contribution is 9.10. The molecular weight excluding hydrogens is 261 g/mol. The number of benzene rings is 1. The van der Waals surface area contributed by atoms with E-state index in [1.165, 1.54) is 6.07 Å². The summed E-state index contributed by atoms with van der Waals surface area (Å²) in [6, 6.07) is 4.94. The first-order chi connectivity index (χ1) is 7.15. The minimum Gasteiger partial charge on any atom is -0.383 e. The summed E-state index contributed by atoms with van der Waals surface area (Å²) in [6.07, 6.45) is 0. The lowest BCUT2D eigenvalue weighted by Gasteiger charge is -2.15. The molecule has 0 spiro atoms. The Bertz CT molecular complexity index is 319. The molecule has 1 atom stereocenters. The molecule has 0 heterocycles. The molecule has 0 aliphatic rings. The fourth-order valence-corrected chi connectivity index (χ4v) is 1.71. The highest BCUT2D eigenvalue weighted by atomic mass is 79.9. The van der Waals surface area contributed by atoms with E-state index in [2.05, 4.69) is 21.2 Å². The van der Waals surface area contributed by atoms with Crippen LogP contribution in [0.4, 0.5) is 4.39 Å². The van der Waals surface area contributed by atoms with Gasteiger partial charge in [-0.3, -0.25) is 0 Å². The molecule has 0 unspecified atom stereocenters. The second-order valence-corrected chi connectivity index (χ2v) is 4.25. The minimum absolute atomic E-state index is 0.0161. The van der Waals surface area contributed by atoms with Crippen molar-refractivity contribution in [3.63, 3.8) is 0 Å². The van der Waals surface area contributed by atoms with E-state index in [4.69, 9.17) is 4.74 Å². The summed E-state index contributed by atoms with van der Waals surface area (Å²) in [5.41, 5.74) is 0.667. The van der Waals surface area contributed by atoms with Crippen LogP contribution in [-0.4, -0.2) is 20.3 Å². The first-order valence-electron chi connectivity index (χ1n) is 4.82. The van der Waals surface area contributed by atoms with Crippen LogP contribution in [0.1, 0.15) is 18.5 Å². The van der Waals surface area contributed by atoms with Gasteiger partial charge in [-0.05, 0) is 25.1 Å². The predicted molar refractivity (Wildman–Crippen MR) is 62.4 cm³/mol. The number of halogens is 2. The van der Waals surface area contributed by atoms with Crippen LogP contribution in [0, 0.1) is 5.82 Å². The van der Waals surface area contributed by atoms with Crippen LogP contribution in [0.3, 0.4) is 0 Å². The molecule has 0 aliphatic carbocycles. The van der Waals surface area contributed by atoms with Gasteiger partial charge in [-0.25, -0.2) is 4.39 Å². The Kier molecular flexibility index (Phi) is 5.22. The Hall–Kier alpha value is -0.450. The van der Waals surface area contributed by atoms with E-state index in [1.54, 1.807) is 19.2 Å². The number of methoxy groups -OCH3 is 1. The second kappa shape index (κ2) is 6.20. The van der Waals surface area contributed by atoms with Gasteiger partial charge in [0.15, 0.2) is 0 Å². The van der Waals surface area contributed by atoms with Gasteiger partial charge in [-0.1, -0.05) is 15.9 Å². The number of rotatable bonds is 5. The van der Waals surface area contributed by atoms with Gasteiger partial charge >= 0.3 is 0 Å². The SMILES string of the molecule is COCCN[C@H](C)c1cc(Br)ccc1F. The molecule has 0 amide bonds. The van der Waals surface area contributed by atoms with Crippen molar-refractivity contribution in [3.05, 3.63) is 34.1 Å². The second-order valence-electron chi connectivity index (χ2n) is 3.33. The number of ether oxygens (including phenoxy) is 1. The molecule has 0 fully saturated rings. The monoisotopic (exact) mass is 275 g/mol. The first-order valence-corrected chi connectivity index (χ1v) is 5.61. The van der Waals surface area contributed by atoms with Crippen LogP contribution in [0.25, 0.3) is 0 Å². The van der Waals surface area contributed by atoms with Crippen molar-refractivity contribution in [1.29, 1.82) is 0 Å². The van der Waals surface area contributed by atoms with Crippen LogP contribution >= 0.6 is 15.9 Å². The van der Waals surface area contributed by atoms with E-state index >= 15 is 0 Å².